The molecule has 0 fully saturated rings. The number of aromatic hydroxyl groups is 1. The van der Waals surface area contributed by atoms with Crippen LogP contribution < -0.4 is 4.74 Å². The van der Waals surface area contributed by atoms with Crippen molar-refractivity contribution in [2.75, 3.05) is 7.11 Å². The molecule has 0 aliphatic carbocycles. The SMILES string of the molecule is CCc1cc(O)c(C(C)=O)cc1OC. The average molecular weight is 194 g/mol. The molecule has 0 saturated carbocycles. The third-order valence-corrected chi connectivity index (χ3v) is 2.16. The molecule has 0 amide bonds. The van der Waals surface area contributed by atoms with Gasteiger partial charge in [-0.25, -0.2) is 0 Å². The molecule has 1 rings (SSSR count). The van der Waals surface area contributed by atoms with Crippen LogP contribution in [-0.2, 0) is 6.42 Å². The van der Waals surface area contributed by atoms with Crippen molar-refractivity contribution in [1.82, 2.24) is 0 Å². The Morgan fingerprint density at radius 1 is 1.50 bits per heavy atom. The quantitative estimate of drug-likeness (QED) is 0.750. The minimum atomic E-state index is -0.163. The fourth-order valence-electron chi connectivity index (χ4n) is 1.36. The smallest absolute Gasteiger partial charge is 0.163 e. The summed E-state index contributed by atoms with van der Waals surface area (Å²) in [5, 5.41) is 9.54. The van der Waals surface area contributed by atoms with Gasteiger partial charge in [0.1, 0.15) is 11.5 Å². The second-order valence-electron chi connectivity index (χ2n) is 3.09. The molecule has 0 aliphatic heterocycles. The van der Waals surface area contributed by atoms with Gasteiger partial charge in [0.2, 0.25) is 0 Å². The van der Waals surface area contributed by atoms with E-state index in [1.165, 1.54) is 6.92 Å². The number of rotatable bonds is 3. The molecular weight excluding hydrogens is 180 g/mol. The van der Waals surface area contributed by atoms with E-state index in [1.54, 1.807) is 19.2 Å². The van der Waals surface area contributed by atoms with E-state index in [0.29, 0.717) is 11.3 Å². The number of carbonyl (C=O) groups is 1. The summed E-state index contributed by atoms with van der Waals surface area (Å²) in [5.41, 5.74) is 1.20. The first kappa shape index (κ1) is 10.6. The van der Waals surface area contributed by atoms with Crippen molar-refractivity contribution in [3.8, 4) is 11.5 Å². The van der Waals surface area contributed by atoms with E-state index in [1.807, 2.05) is 6.92 Å². The largest absolute Gasteiger partial charge is 0.507 e. The number of hydrogen-bond acceptors (Lipinski definition) is 3. The molecule has 0 saturated heterocycles. The Labute approximate surface area is 83.3 Å². The van der Waals surface area contributed by atoms with Gasteiger partial charge < -0.3 is 9.84 Å². The molecule has 3 nitrogen and oxygen atoms in total. The number of phenolic OH excluding ortho intramolecular Hbond substituents is 1. The Morgan fingerprint density at radius 3 is 2.57 bits per heavy atom. The van der Waals surface area contributed by atoms with Gasteiger partial charge in [-0.2, -0.15) is 0 Å². The van der Waals surface area contributed by atoms with Crippen LogP contribution >= 0.6 is 0 Å². The van der Waals surface area contributed by atoms with Gasteiger partial charge in [-0.15, -0.1) is 0 Å². The highest BCUT2D eigenvalue weighted by molar-refractivity contribution is 5.97. The Bertz CT molecular complexity index is 356. The molecule has 0 heterocycles. The van der Waals surface area contributed by atoms with Crippen molar-refractivity contribution >= 4 is 5.78 Å². The van der Waals surface area contributed by atoms with Crippen LogP contribution in [0, 0.1) is 0 Å². The number of Topliss-reactive ketones (excluding diaryl/α,β-unsaturated/α-hetero) is 1. The van der Waals surface area contributed by atoms with Gasteiger partial charge in [0.25, 0.3) is 0 Å². The van der Waals surface area contributed by atoms with Gasteiger partial charge in [-0.3, -0.25) is 4.79 Å². The summed E-state index contributed by atoms with van der Waals surface area (Å²) in [6.45, 7) is 3.38. The Morgan fingerprint density at radius 2 is 2.14 bits per heavy atom. The molecule has 0 atom stereocenters. The van der Waals surface area contributed by atoms with Crippen LogP contribution in [0.25, 0.3) is 0 Å². The summed E-state index contributed by atoms with van der Waals surface area (Å²) < 4.78 is 5.12. The summed E-state index contributed by atoms with van der Waals surface area (Å²) in [6.07, 6.45) is 0.759. The van der Waals surface area contributed by atoms with Crippen molar-refractivity contribution in [2.24, 2.45) is 0 Å². The number of hydrogen-bond donors (Lipinski definition) is 1. The molecule has 3 heteroatoms. The van der Waals surface area contributed by atoms with Crippen molar-refractivity contribution in [3.05, 3.63) is 23.3 Å². The molecule has 1 aromatic carbocycles. The second-order valence-corrected chi connectivity index (χ2v) is 3.09. The topological polar surface area (TPSA) is 46.5 Å². The zero-order valence-corrected chi connectivity index (χ0v) is 8.63. The van der Waals surface area contributed by atoms with E-state index in [-0.39, 0.29) is 11.5 Å². The van der Waals surface area contributed by atoms with Crippen LogP contribution in [0.5, 0.6) is 11.5 Å². The van der Waals surface area contributed by atoms with Crippen molar-refractivity contribution in [2.45, 2.75) is 20.3 Å². The number of phenols is 1. The molecule has 1 aromatic rings. The van der Waals surface area contributed by atoms with Gasteiger partial charge in [0, 0.05) is 0 Å². The predicted octanol–water partition coefficient (Wildman–Crippen LogP) is 2.17. The number of benzene rings is 1. The first-order valence-electron chi connectivity index (χ1n) is 4.51. The molecule has 0 bridgehead atoms. The molecular formula is C11H14O3. The van der Waals surface area contributed by atoms with Gasteiger partial charge >= 0.3 is 0 Å². The number of methoxy groups -OCH3 is 1. The molecule has 0 spiro atoms. The van der Waals surface area contributed by atoms with Crippen molar-refractivity contribution < 1.29 is 14.6 Å². The zero-order chi connectivity index (χ0) is 10.7. The first-order chi connectivity index (χ1) is 6.60. The Hall–Kier alpha value is -1.51. The van der Waals surface area contributed by atoms with E-state index in [2.05, 4.69) is 0 Å². The van der Waals surface area contributed by atoms with E-state index in [9.17, 15) is 9.90 Å². The van der Waals surface area contributed by atoms with Crippen molar-refractivity contribution in [3.63, 3.8) is 0 Å². The number of ether oxygens (including phenoxy) is 1. The Kier molecular flexibility index (Phi) is 3.12. The van der Waals surface area contributed by atoms with E-state index < -0.39 is 0 Å². The van der Waals surface area contributed by atoms with Crippen LogP contribution in [-0.4, -0.2) is 18.0 Å². The maximum atomic E-state index is 11.1. The molecule has 0 aromatic heterocycles. The van der Waals surface area contributed by atoms with Crippen LogP contribution in [0.4, 0.5) is 0 Å². The normalized spacial score (nSPS) is 9.93. The monoisotopic (exact) mass is 194 g/mol. The summed E-state index contributed by atoms with van der Waals surface area (Å²) >= 11 is 0. The van der Waals surface area contributed by atoms with E-state index in [4.69, 9.17) is 4.74 Å². The predicted molar refractivity (Wildman–Crippen MR) is 54.0 cm³/mol. The van der Waals surface area contributed by atoms with Gasteiger partial charge in [-0.05, 0) is 31.0 Å². The number of ketones is 1. The summed E-state index contributed by atoms with van der Waals surface area (Å²) in [7, 11) is 1.55. The number of carbonyl (C=O) groups excluding carboxylic acids is 1. The van der Waals surface area contributed by atoms with Gasteiger partial charge in [0.05, 0.1) is 12.7 Å². The standard InChI is InChI=1S/C11H14O3/c1-4-8-5-10(13)9(7(2)12)6-11(8)14-3/h5-6,13H,4H2,1-3H3. The second kappa shape index (κ2) is 4.13. The van der Waals surface area contributed by atoms with Crippen LogP contribution in [0.15, 0.2) is 12.1 Å². The third kappa shape index (κ3) is 1.87. The molecule has 14 heavy (non-hydrogen) atoms. The highest BCUT2D eigenvalue weighted by Crippen LogP contribution is 2.28. The molecule has 76 valence electrons. The maximum Gasteiger partial charge on any atom is 0.163 e. The summed E-state index contributed by atoms with van der Waals surface area (Å²) in [5.74, 6) is 0.508. The molecule has 0 aliphatic rings. The highest BCUT2D eigenvalue weighted by Gasteiger charge is 2.11. The zero-order valence-electron chi connectivity index (χ0n) is 8.63. The van der Waals surface area contributed by atoms with E-state index in [0.717, 1.165) is 12.0 Å². The van der Waals surface area contributed by atoms with Gasteiger partial charge in [0.15, 0.2) is 5.78 Å². The average Bonchev–Trinajstić information content (AvgIpc) is 2.16. The fraction of sp³-hybridized carbons (Fsp3) is 0.364. The minimum Gasteiger partial charge on any atom is -0.507 e. The summed E-state index contributed by atoms with van der Waals surface area (Å²) in [4.78, 5) is 11.1. The minimum absolute atomic E-state index is 0.0233. The molecule has 0 unspecified atom stereocenters. The van der Waals surface area contributed by atoms with Gasteiger partial charge in [-0.1, -0.05) is 6.92 Å². The van der Waals surface area contributed by atoms with Crippen molar-refractivity contribution in [1.29, 1.82) is 0 Å². The lowest BCUT2D eigenvalue weighted by molar-refractivity contribution is 0.101. The van der Waals surface area contributed by atoms with Crippen LogP contribution in [0.3, 0.4) is 0 Å². The maximum absolute atomic E-state index is 11.1. The highest BCUT2D eigenvalue weighted by atomic mass is 16.5. The fourth-order valence-corrected chi connectivity index (χ4v) is 1.36. The molecule has 1 N–H and O–H groups in total. The van der Waals surface area contributed by atoms with E-state index >= 15 is 0 Å². The van der Waals surface area contributed by atoms with Crippen LogP contribution in [0.2, 0.25) is 0 Å². The lowest BCUT2D eigenvalue weighted by Crippen LogP contribution is -1.97. The lowest BCUT2D eigenvalue weighted by atomic mass is 10.0. The summed E-state index contributed by atoms with van der Waals surface area (Å²) in [6, 6.07) is 3.16. The lowest BCUT2D eigenvalue weighted by Gasteiger charge is -2.09. The molecule has 0 radical (unpaired) electrons. The first-order valence-corrected chi connectivity index (χ1v) is 4.51. The number of aryl methyl sites for hydroxylation is 1. The third-order valence-electron chi connectivity index (χ3n) is 2.16. The Balaban J connectivity index is 3.30. The van der Waals surface area contributed by atoms with Crippen LogP contribution in [0.1, 0.15) is 29.8 Å².